The van der Waals surface area contributed by atoms with Crippen LogP contribution in [-0.2, 0) is 0 Å². The van der Waals surface area contributed by atoms with E-state index in [1.54, 1.807) is 28.9 Å². The van der Waals surface area contributed by atoms with Gasteiger partial charge in [-0.25, -0.2) is 23.2 Å². The van der Waals surface area contributed by atoms with Crippen LogP contribution in [0.1, 0.15) is 16.4 Å². The summed E-state index contributed by atoms with van der Waals surface area (Å²) in [4.78, 5) is 32.6. The summed E-state index contributed by atoms with van der Waals surface area (Å²) in [5, 5.41) is 6.98. The van der Waals surface area contributed by atoms with Gasteiger partial charge in [0.05, 0.1) is 5.69 Å². The van der Waals surface area contributed by atoms with Crippen LogP contribution in [0.5, 0.6) is 0 Å². The molecule has 3 aromatic rings. The number of halogens is 2. The summed E-state index contributed by atoms with van der Waals surface area (Å²) in [5.41, 5.74) is 1.10. The lowest BCUT2D eigenvalue weighted by Crippen LogP contribution is -2.51. The maximum absolute atomic E-state index is 13.2. The molecule has 0 spiro atoms. The maximum Gasteiger partial charge on any atom is 0.321 e. The highest BCUT2D eigenvalue weighted by atomic mass is 19.1. The number of amides is 3. The van der Waals surface area contributed by atoms with Crippen molar-refractivity contribution in [2.45, 2.75) is 6.92 Å². The van der Waals surface area contributed by atoms with E-state index in [-0.39, 0.29) is 29.4 Å². The van der Waals surface area contributed by atoms with Gasteiger partial charge in [0, 0.05) is 31.9 Å². The molecule has 0 bridgehead atoms. The quantitative estimate of drug-likeness (QED) is 0.698. The van der Waals surface area contributed by atoms with Crippen LogP contribution in [0, 0.1) is 18.6 Å². The fourth-order valence-corrected chi connectivity index (χ4v) is 3.30. The lowest BCUT2D eigenvalue weighted by atomic mass is 10.3. The number of piperazine rings is 1. The minimum atomic E-state index is -0.379. The average molecular weight is 426 g/mol. The van der Waals surface area contributed by atoms with Crippen molar-refractivity contribution in [3.05, 3.63) is 71.8 Å². The third-order valence-electron chi connectivity index (χ3n) is 4.98. The molecule has 10 heteroatoms. The molecule has 1 N–H and O–H groups in total. The van der Waals surface area contributed by atoms with Crippen molar-refractivity contribution in [3.63, 3.8) is 0 Å². The van der Waals surface area contributed by atoms with Gasteiger partial charge in [-0.15, -0.1) is 5.10 Å². The number of carbonyl (C=O) groups is 2. The molecule has 3 amide bonds. The minimum Gasteiger partial charge on any atom is -0.332 e. The van der Waals surface area contributed by atoms with Gasteiger partial charge in [-0.2, -0.15) is 0 Å². The molecule has 0 radical (unpaired) electrons. The second-order valence-corrected chi connectivity index (χ2v) is 7.09. The molecule has 0 atom stereocenters. The van der Waals surface area contributed by atoms with E-state index in [2.05, 4.69) is 15.4 Å². The van der Waals surface area contributed by atoms with Gasteiger partial charge in [0.2, 0.25) is 5.82 Å². The molecule has 1 aliphatic heterocycles. The molecule has 0 aliphatic carbocycles. The van der Waals surface area contributed by atoms with Gasteiger partial charge in [-0.05, 0) is 55.5 Å². The van der Waals surface area contributed by atoms with Gasteiger partial charge >= 0.3 is 6.03 Å². The number of hydrogen-bond acceptors (Lipinski definition) is 4. The molecule has 2 aromatic carbocycles. The fraction of sp³-hybridized carbons (Fsp3) is 0.238. The van der Waals surface area contributed by atoms with E-state index in [1.807, 2.05) is 0 Å². The van der Waals surface area contributed by atoms with Crippen molar-refractivity contribution in [3.8, 4) is 5.69 Å². The summed E-state index contributed by atoms with van der Waals surface area (Å²) in [7, 11) is 0. The maximum atomic E-state index is 13.2. The van der Waals surface area contributed by atoms with Gasteiger partial charge in [0.25, 0.3) is 5.91 Å². The van der Waals surface area contributed by atoms with Crippen molar-refractivity contribution in [2.75, 3.05) is 31.5 Å². The lowest BCUT2D eigenvalue weighted by Gasteiger charge is -2.34. The second kappa shape index (κ2) is 8.50. The SMILES string of the molecule is Cc1nc(C(=O)N2CCN(C(=O)Nc3ccc(F)cc3)CC2)nn1-c1ccc(F)cc1. The Morgan fingerprint density at radius 1 is 0.871 bits per heavy atom. The first-order chi connectivity index (χ1) is 14.9. The Bertz CT molecular complexity index is 1090. The fourth-order valence-electron chi connectivity index (χ4n) is 3.30. The zero-order chi connectivity index (χ0) is 22.0. The predicted octanol–water partition coefficient (Wildman–Crippen LogP) is 2.84. The van der Waals surface area contributed by atoms with Crippen molar-refractivity contribution in [1.82, 2.24) is 24.6 Å². The van der Waals surface area contributed by atoms with E-state index < -0.39 is 0 Å². The van der Waals surface area contributed by atoms with Crippen molar-refractivity contribution in [2.24, 2.45) is 0 Å². The molecule has 8 nitrogen and oxygen atoms in total. The zero-order valence-electron chi connectivity index (χ0n) is 16.8. The molecule has 4 rings (SSSR count). The molecule has 160 valence electrons. The highest BCUT2D eigenvalue weighted by Gasteiger charge is 2.27. The van der Waals surface area contributed by atoms with Crippen LogP contribution >= 0.6 is 0 Å². The number of carbonyl (C=O) groups excluding carboxylic acids is 2. The highest BCUT2D eigenvalue weighted by molar-refractivity contribution is 5.91. The summed E-state index contributed by atoms with van der Waals surface area (Å²) in [6.45, 7) is 3.07. The Balaban J connectivity index is 1.37. The molecule has 1 aliphatic rings. The first-order valence-electron chi connectivity index (χ1n) is 9.71. The number of urea groups is 1. The van der Waals surface area contributed by atoms with E-state index in [0.717, 1.165) is 0 Å². The van der Waals surface area contributed by atoms with Crippen LogP contribution in [0.15, 0.2) is 48.5 Å². The second-order valence-electron chi connectivity index (χ2n) is 7.09. The third kappa shape index (κ3) is 4.52. The number of anilines is 1. The average Bonchev–Trinajstić information content (AvgIpc) is 3.17. The summed E-state index contributed by atoms with van der Waals surface area (Å²) >= 11 is 0. The molecular formula is C21H20F2N6O2. The number of aryl methyl sites for hydroxylation is 1. The minimum absolute atomic E-state index is 0.0473. The molecule has 0 unspecified atom stereocenters. The third-order valence-corrected chi connectivity index (χ3v) is 4.98. The smallest absolute Gasteiger partial charge is 0.321 e. The summed E-state index contributed by atoms with van der Waals surface area (Å²) in [6.07, 6.45) is 0. The van der Waals surface area contributed by atoms with Gasteiger partial charge in [-0.1, -0.05) is 0 Å². The summed E-state index contributed by atoms with van der Waals surface area (Å²) in [6, 6.07) is 10.9. The number of aromatic nitrogens is 3. The van der Waals surface area contributed by atoms with Crippen LogP contribution in [0.2, 0.25) is 0 Å². The molecular weight excluding hydrogens is 406 g/mol. The van der Waals surface area contributed by atoms with Crippen LogP contribution in [-0.4, -0.2) is 62.7 Å². The molecule has 2 heterocycles. The monoisotopic (exact) mass is 426 g/mol. The van der Waals surface area contributed by atoms with Crippen molar-refractivity contribution < 1.29 is 18.4 Å². The van der Waals surface area contributed by atoms with Crippen LogP contribution in [0.3, 0.4) is 0 Å². The number of rotatable bonds is 3. The normalized spacial score (nSPS) is 13.9. The van der Waals surface area contributed by atoms with Gasteiger partial charge < -0.3 is 15.1 Å². The lowest BCUT2D eigenvalue weighted by molar-refractivity contribution is 0.0659. The van der Waals surface area contributed by atoms with E-state index in [0.29, 0.717) is 43.4 Å². The van der Waals surface area contributed by atoms with Crippen LogP contribution in [0.25, 0.3) is 5.69 Å². The van der Waals surface area contributed by atoms with E-state index in [9.17, 15) is 18.4 Å². The predicted molar refractivity (Wildman–Crippen MR) is 109 cm³/mol. The van der Waals surface area contributed by atoms with Crippen LogP contribution < -0.4 is 5.32 Å². The van der Waals surface area contributed by atoms with E-state index in [4.69, 9.17) is 0 Å². The number of hydrogen-bond donors (Lipinski definition) is 1. The highest BCUT2D eigenvalue weighted by Crippen LogP contribution is 2.14. The number of nitrogens with one attached hydrogen (secondary N) is 1. The number of nitrogens with zero attached hydrogens (tertiary/aromatic N) is 5. The standard InChI is InChI=1S/C21H20F2N6O2/c1-14-24-19(26-29(14)18-8-4-16(23)5-9-18)20(30)27-10-12-28(13-11-27)21(31)25-17-6-2-15(22)3-7-17/h2-9H,10-13H2,1H3,(H,25,31). The summed E-state index contributed by atoms with van der Waals surface area (Å²) in [5.74, 6) is -0.518. The van der Waals surface area contributed by atoms with Gasteiger partial charge in [0.15, 0.2) is 0 Å². The van der Waals surface area contributed by atoms with Crippen LogP contribution in [0.4, 0.5) is 19.3 Å². The van der Waals surface area contributed by atoms with Gasteiger partial charge in [-0.3, -0.25) is 4.79 Å². The summed E-state index contributed by atoms with van der Waals surface area (Å²) < 4.78 is 27.6. The Morgan fingerprint density at radius 3 is 2.03 bits per heavy atom. The molecule has 1 saturated heterocycles. The molecule has 1 fully saturated rings. The molecule has 31 heavy (non-hydrogen) atoms. The Kier molecular flexibility index (Phi) is 5.61. The molecule has 1 aromatic heterocycles. The first-order valence-corrected chi connectivity index (χ1v) is 9.71. The molecule has 0 saturated carbocycles. The number of benzene rings is 2. The topological polar surface area (TPSA) is 83.4 Å². The Labute approximate surface area is 177 Å². The Morgan fingerprint density at radius 2 is 1.42 bits per heavy atom. The van der Waals surface area contributed by atoms with Crippen molar-refractivity contribution in [1.29, 1.82) is 0 Å². The van der Waals surface area contributed by atoms with Gasteiger partial charge in [0.1, 0.15) is 17.5 Å². The zero-order valence-corrected chi connectivity index (χ0v) is 16.8. The van der Waals surface area contributed by atoms with Crippen molar-refractivity contribution >= 4 is 17.6 Å². The van der Waals surface area contributed by atoms with E-state index >= 15 is 0 Å². The first kappa shape index (κ1) is 20.5. The van der Waals surface area contributed by atoms with E-state index in [1.165, 1.54) is 41.1 Å². The largest absolute Gasteiger partial charge is 0.332 e. The Hall–Kier alpha value is -3.82.